The first-order chi connectivity index (χ1) is 15.2. The zero-order chi connectivity index (χ0) is 21.2. The van der Waals surface area contributed by atoms with E-state index in [1.54, 1.807) is 12.5 Å². The molecule has 2 amide bonds. The number of amides is 2. The standard InChI is InChI=1S/C22H26N6O3/c29-21(13-27-15-23-18-3-1-2-4-19(18)27)26-10-6-17(7-11-26)28-20(5-9-24-28)25-22(30)16-8-12-31-14-16/h1-5,9,15-17H,6-8,10-14H2,(H,25,30)/t16-/m0/s1. The Hall–Kier alpha value is -3.20. The van der Waals surface area contributed by atoms with E-state index >= 15 is 0 Å². The molecule has 2 aliphatic heterocycles. The lowest BCUT2D eigenvalue weighted by atomic mass is 10.0. The summed E-state index contributed by atoms with van der Waals surface area (Å²) in [5.74, 6) is 0.699. The number of likely N-dealkylation sites (tertiary alicyclic amines) is 1. The minimum absolute atomic E-state index is 0.0144. The van der Waals surface area contributed by atoms with Gasteiger partial charge in [0.2, 0.25) is 11.8 Å². The SMILES string of the molecule is O=C(Nc1ccnn1C1CCN(C(=O)Cn2cnc3ccccc32)CC1)[C@H]1CCOC1. The predicted molar refractivity (Wildman–Crippen MR) is 114 cm³/mol. The number of fused-ring (bicyclic) bond motifs is 1. The molecule has 5 rings (SSSR count). The molecular formula is C22H26N6O3. The van der Waals surface area contributed by atoms with Gasteiger partial charge in [-0.25, -0.2) is 9.67 Å². The zero-order valence-electron chi connectivity index (χ0n) is 17.3. The molecule has 1 atom stereocenters. The first-order valence-corrected chi connectivity index (χ1v) is 10.8. The van der Waals surface area contributed by atoms with Gasteiger partial charge in [-0.15, -0.1) is 0 Å². The molecule has 1 aromatic carbocycles. The summed E-state index contributed by atoms with van der Waals surface area (Å²) >= 11 is 0. The zero-order valence-corrected chi connectivity index (χ0v) is 17.3. The lowest BCUT2D eigenvalue weighted by Crippen LogP contribution is -2.41. The monoisotopic (exact) mass is 422 g/mol. The van der Waals surface area contributed by atoms with E-state index in [0.717, 1.165) is 30.3 Å². The molecule has 0 spiro atoms. The molecule has 2 aliphatic rings. The van der Waals surface area contributed by atoms with Gasteiger partial charge in [-0.05, 0) is 31.4 Å². The number of nitrogens with zero attached hydrogens (tertiary/aromatic N) is 5. The summed E-state index contributed by atoms with van der Waals surface area (Å²) in [6.07, 6.45) is 5.79. The number of anilines is 1. The molecule has 2 saturated heterocycles. The van der Waals surface area contributed by atoms with Crippen LogP contribution in [0.1, 0.15) is 25.3 Å². The van der Waals surface area contributed by atoms with Gasteiger partial charge in [0.15, 0.2) is 0 Å². The molecule has 2 fully saturated rings. The highest BCUT2D eigenvalue weighted by Crippen LogP contribution is 2.26. The highest BCUT2D eigenvalue weighted by Gasteiger charge is 2.28. The lowest BCUT2D eigenvalue weighted by molar-refractivity contribution is -0.133. The second kappa shape index (κ2) is 8.50. The molecule has 162 valence electrons. The Morgan fingerprint density at radius 3 is 2.77 bits per heavy atom. The fraction of sp³-hybridized carbons (Fsp3) is 0.455. The molecular weight excluding hydrogens is 396 g/mol. The number of aromatic nitrogens is 4. The van der Waals surface area contributed by atoms with Gasteiger partial charge in [0.05, 0.1) is 42.1 Å². The van der Waals surface area contributed by atoms with E-state index in [1.165, 1.54) is 0 Å². The minimum Gasteiger partial charge on any atom is -0.381 e. The number of nitrogens with one attached hydrogen (secondary N) is 1. The number of carbonyl (C=O) groups excluding carboxylic acids is 2. The van der Waals surface area contributed by atoms with E-state index in [1.807, 2.05) is 44.5 Å². The molecule has 4 heterocycles. The molecule has 0 saturated carbocycles. The van der Waals surface area contributed by atoms with Crippen molar-refractivity contribution < 1.29 is 14.3 Å². The van der Waals surface area contributed by atoms with E-state index in [2.05, 4.69) is 15.4 Å². The maximum atomic E-state index is 12.8. The highest BCUT2D eigenvalue weighted by molar-refractivity contribution is 5.92. The summed E-state index contributed by atoms with van der Waals surface area (Å²) in [6, 6.07) is 9.81. The fourth-order valence-electron chi connectivity index (χ4n) is 4.42. The van der Waals surface area contributed by atoms with Crippen LogP contribution in [0.5, 0.6) is 0 Å². The number of para-hydroxylation sites is 2. The topological polar surface area (TPSA) is 94.3 Å². The maximum Gasteiger partial charge on any atom is 0.242 e. The number of piperidine rings is 1. The molecule has 31 heavy (non-hydrogen) atoms. The van der Waals surface area contributed by atoms with Crippen LogP contribution in [-0.2, 0) is 20.9 Å². The van der Waals surface area contributed by atoms with E-state index in [9.17, 15) is 9.59 Å². The van der Waals surface area contributed by atoms with Gasteiger partial charge >= 0.3 is 0 Å². The van der Waals surface area contributed by atoms with Crippen LogP contribution in [0, 0.1) is 5.92 Å². The lowest BCUT2D eigenvalue weighted by Gasteiger charge is -2.33. The van der Waals surface area contributed by atoms with Crippen molar-refractivity contribution in [3.63, 3.8) is 0 Å². The van der Waals surface area contributed by atoms with Crippen LogP contribution in [0.25, 0.3) is 11.0 Å². The van der Waals surface area contributed by atoms with Crippen molar-refractivity contribution in [1.82, 2.24) is 24.2 Å². The minimum atomic E-state index is -0.0953. The molecule has 9 nitrogen and oxygen atoms in total. The van der Waals surface area contributed by atoms with Gasteiger partial charge in [0.1, 0.15) is 12.4 Å². The Kier molecular flexibility index (Phi) is 5.42. The second-order valence-corrected chi connectivity index (χ2v) is 8.18. The molecule has 0 aliphatic carbocycles. The maximum absolute atomic E-state index is 12.8. The van der Waals surface area contributed by atoms with Crippen LogP contribution in [0.4, 0.5) is 5.82 Å². The number of carbonyl (C=O) groups is 2. The third-order valence-corrected chi connectivity index (χ3v) is 6.22. The Bertz CT molecular complexity index is 1080. The number of hydrogen-bond donors (Lipinski definition) is 1. The van der Waals surface area contributed by atoms with Gasteiger partial charge in [-0.2, -0.15) is 5.10 Å². The van der Waals surface area contributed by atoms with Gasteiger partial charge < -0.3 is 19.5 Å². The summed E-state index contributed by atoms with van der Waals surface area (Å²) in [6.45, 7) is 2.74. The van der Waals surface area contributed by atoms with Crippen LogP contribution in [0.2, 0.25) is 0 Å². The van der Waals surface area contributed by atoms with Crippen molar-refractivity contribution in [3.8, 4) is 0 Å². The molecule has 0 bridgehead atoms. The van der Waals surface area contributed by atoms with Crippen LogP contribution in [0.15, 0.2) is 42.9 Å². The molecule has 3 aromatic rings. The number of benzene rings is 1. The van der Waals surface area contributed by atoms with Crippen LogP contribution in [-0.4, -0.2) is 62.3 Å². The van der Waals surface area contributed by atoms with Gasteiger partial charge in [0, 0.05) is 25.8 Å². The number of imidazole rings is 1. The predicted octanol–water partition coefficient (Wildman–Crippen LogP) is 2.07. The van der Waals surface area contributed by atoms with Crippen molar-refractivity contribution in [3.05, 3.63) is 42.9 Å². The van der Waals surface area contributed by atoms with E-state index < -0.39 is 0 Å². The quantitative estimate of drug-likeness (QED) is 0.679. The van der Waals surface area contributed by atoms with Crippen LogP contribution >= 0.6 is 0 Å². The Morgan fingerprint density at radius 1 is 1.13 bits per heavy atom. The average Bonchev–Trinajstić information content (AvgIpc) is 3.56. The van der Waals surface area contributed by atoms with Crippen LogP contribution in [0.3, 0.4) is 0 Å². The van der Waals surface area contributed by atoms with Crippen LogP contribution < -0.4 is 5.32 Å². The second-order valence-electron chi connectivity index (χ2n) is 8.18. The Labute approximate surface area is 180 Å². The highest BCUT2D eigenvalue weighted by atomic mass is 16.5. The molecule has 2 aromatic heterocycles. The van der Waals surface area contributed by atoms with Gasteiger partial charge in [-0.3, -0.25) is 9.59 Å². The Morgan fingerprint density at radius 2 is 1.97 bits per heavy atom. The summed E-state index contributed by atoms with van der Waals surface area (Å²) in [5, 5.41) is 7.44. The first-order valence-electron chi connectivity index (χ1n) is 10.8. The number of ether oxygens (including phenoxy) is 1. The van der Waals surface area contributed by atoms with Gasteiger partial charge in [0.25, 0.3) is 0 Å². The van der Waals surface area contributed by atoms with E-state index in [4.69, 9.17) is 4.74 Å². The fourth-order valence-corrected chi connectivity index (χ4v) is 4.42. The average molecular weight is 422 g/mol. The normalized spacial score (nSPS) is 19.7. The van der Waals surface area contributed by atoms with Crippen molar-refractivity contribution in [2.75, 3.05) is 31.6 Å². The number of hydrogen-bond acceptors (Lipinski definition) is 5. The third kappa shape index (κ3) is 4.05. The third-order valence-electron chi connectivity index (χ3n) is 6.22. The smallest absolute Gasteiger partial charge is 0.242 e. The molecule has 1 N–H and O–H groups in total. The molecule has 9 heteroatoms. The van der Waals surface area contributed by atoms with Crippen molar-refractivity contribution in [1.29, 1.82) is 0 Å². The van der Waals surface area contributed by atoms with Crippen molar-refractivity contribution >= 4 is 28.7 Å². The van der Waals surface area contributed by atoms with E-state index in [0.29, 0.717) is 32.1 Å². The first kappa shape index (κ1) is 19.7. The Balaban J connectivity index is 1.18. The van der Waals surface area contributed by atoms with E-state index in [-0.39, 0.29) is 30.3 Å². The summed E-state index contributed by atoms with van der Waals surface area (Å²) < 4.78 is 9.10. The van der Waals surface area contributed by atoms with Gasteiger partial charge in [-0.1, -0.05) is 12.1 Å². The summed E-state index contributed by atoms with van der Waals surface area (Å²) in [7, 11) is 0. The van der Waals surface area contributed by atoms with Crippen molar-refractivity contribution in [2.45, 2.75) is 31.8 Å². The summed E-state index contributed by atoms with van der Waals surface area (Å²) in [4.78, 5) is 31.6. The molecule has 0 radical (unpaired) electrons. The van der Waals surface area contributed by atoms with Crippen molar-refractivity contribution in [2.24, 2.45) is 5.92 Å². The molecule has 0 unspecified atom stereocenters. The number of rotatable bonds is 5. The summed E-state index contributed by atoms with van der Waals surface area (Å²) in [5.41, 5.74) is 1.86. The largest absolute Gasteiger partial charge is 0.381 e.